The zero-order valence-electron chi connectivity index (χ0n) is 13.9. The average Bonchev–Trinajstić information content (AvgIpc) is 2.81. The summed E-state index contributed by atoms with van der Waals surface area (Å²) < 4.78 is 7.83. The van der Waals surface area contributed by atoms with E-state index in [1.54, 1.807) is 0 Å². The molecule has 0 fully saturated rings. The largest absolute Gasteiger partial charge is 0.380 e. The van der Waals surface area contributed by atoms with Crippen molar-refractivity contribution in [2.45, 2.75) is 66.2 Å². The molecule has 0 aliphatic carbocycles. The highest BCUT2D eigenvalue weighted by atomic mass is 16.5. The summed E-state index contributed by atoms with van der Waals surface area (Å²) in [5.41, 5.74) is 2.48. The maximum absolute atomic E-state index is 5.71. The van der Waals surface area contributed by atoms with Gasteiger partial charge in [0.15, 0.2) is 0 Å². The molecule has 0 saturated heterocycles. The number of rotatable bonds is 9. The molecule has 2 unspecified atom stereocenters. The highest BCUT2D eigenvalue weighted by molar-refractivity contribution is 5.12. The van der Waals surface area contributed by atoms with Crippen LogP contribution in [-0.2, 0) is 24.1 Å². The van der Waals surface area contributed by atoms with E-state index in [0.717, 1.165) is 25.9 Å². The van der Waals surface area contributed by atoms with Gasteiger partial charge in [-0.05, 0) is 31.9 Å². The molecule has 20 heavy (non-hydrogen) atoms. The second kappa shape index (κ2) is 8.42. The fourth-order valence-corrected chi connectivity index (χ4v) is 2.82. The summed E-state index contributed by atoms with van der Waals surface area (Å²) >= 11 is 0. The van der Waals surface area contributed by atoms with Crippen molar-refractivity contribution in [3.8, 4) is 0 Å². The lowest BCUT2D eigenvalue weighted by atomic mass is 9.95. The topological polar surface area (TPSA) is 39.1 Å². The van der Waals surface area contributed by atoms with Gasteiger partial charge in [-0.15, -0.1) is 0 Å². The quantitative estimate of drug-likeness (QED) is 0.756. The van der Waals surface area contributed by atoms with Gasteiger partial charge < -0.3 is 10.1 Å². The normalized spacial score (nSPS) is 14.8. The van der Waals surface area contributed by atoms with E-state index in [0.29, 0.717) is 12.0 Å². The number of hydrogen-bond donors (Lipinski definition) is 1. The standard InChI is InChI=1S/C16H31N3O/c1-7-13-10-14(19(9-3)18-13)11-15(17-8-2)16(20-6)12(4)5/h10,12,15-17H,7-9,11H2,1-6H3. The number of hydrogen-bond acceptors (Lipinski definition) is 3. The lowest BCUT2D eigenvalue weighted by Crippen LogP contribution is -2.45. The van der Waals surface area contributed by atoms with Gasteiger partial charge in [-0.2, -0.15) is 5.10 Å². The van der Waals surface area contributed by atoms with Crippen LogP contribution in [0.2, 0.25) is 0 Å². The van der Waals surface area contributed by atoms with E-state index < -0.39 is 0 Å². The van der Waals surface area contributed by atoms with Gasteiger partial charge in [-0.1, -0.05) is 27.7 Å². The first-order chi connectivity index (χ1) is 9.57. The minimum Gasteiger partial charge on any atom is -0.380 e. The van der Waals surface area contributed by atoms with Crippen LogP contribution in [0.25, 0.3) is 0 Å². The molecule has 4 nitrogen and oxygen atoms in total. The van der Waals surface area contributed by atoms with E-state index in [1.165, 1.54) is 11.4 Å². The summed E-state index contributed by atoms with van der Waals surface area (Å²) in [6.45, 7) is 12.8. The summed E-state index contributed by atoms with van der Waals surface area (Å²) in [6.07, 6.45) is 2.18. The third-order valence-electron chi connectivity index (χ3n) is 3.80. The average molecular weight is 281 g/mol. The number of ether oxygens (including phenoxy) is 1. The van der Waals surface area contributed by atoms with Crippen molar-refractivity contribution in [1.82, 2.24) is 15.1 Å². The zero-order chi connectivity index (χ0) is 15.1. The van der Waals surface area contributed by atoms with Gasteiger partial charge in [0.2, 0.25) is 0 Å². The molecule has 116 valence electrons. The minimum absolute atomic E-state index is 0.222. The molecule has 1 heterocycles. The van der Waals surface area contributed by atoms with E-state index in [9.17, 15) is 0 Å². The van der Waals surface area contributed by atoms with Crippen LogP contribution in [0, 0.1) is 5.92 Å². The van der Waals surface area contributed by atoms with Gasteiger partial charge in [0, 0.05) is 31.8 Å². The Kier molecular flexibility index (Phi) is 7.24. The lowest BCUT2D eigenvalue weighted by Gasteiger charge is -2.29. The lowest BCUT2D eigenvalue weighted by molar-refractivity contribution is 0.0331. The summed E-state index contributed by atoms with van der Waals surface area (Å²) in [6, 6.07) is 2.57. The first kappa shape index (κ1) is 17.2. The van der Waals surface area contributed by atoms with Gasteiger partial charge in [-0.25, -0.2) is 0 Å². The fourth-order valence-electron chi connectivity index (χ4n) is 2.82. The third-order valence-corrected chi connectivity index (χ3v) is 3.80. The number of methoxy groups -OCH3 is 1. The monoisotopic (exact) mass is 281 g/mol. The van der Waals surface area contributed by atoms with Crippen molar-refractivity contribution in [2.24, 2.45) is 5.92 Å². The van der Waals surface area contributed by atoms with Crippen molar-refractivity contribution < 1.29 is 4.74 Å². The molecule has 0 radical (unpaired) electrons. The van der Waals surface area contributed by atoms with Crippen molar-refractivity contribution in [2.75, 3.05) is 13.7 Å². The van der Waals surface area contributed by atoms with E-state index >= 15 is 0 Å². The zero-order valence-corrected chi connectivity index (χ0v) is 13.9. The second-order valence-electron chi connectivity index (χ2n) is 5.61. The number of aromatic nitrogens is 2. The molecule has 0 aliphatic rings. The first-order valence-electron chi connectivity index (χ1n) is 7.89. The molecule has 4 heteroatoms. The molecule has 0 saturated carbocycles. The first-order valence-corrected chi connectivity index (χ1v) is 7.89. The molecule has 1 N–H and O–H groups in total. The molecule has 1 aromatic rings. The molecule has 0 aromatic carbocycles. The molecular weight excluding hydrogens is 250 g/mol. The summed E-state index contributed by atoms with van der Waals surface area (Å²) in [4.78, 5) is 0. The predicted molar refractivity (Wildman–Crippen MR) is 84.1 cm³/mol. The molecule has 0 bridgehead atoms. The van der Waals surface area contributed by atoms with Crippen LogP contribution in [0.1, 0.15) is 46.0 Å². The molecular formula is C16H31N3O. The van der Waals surface area contributed by atoms with Crippen LogP contribution in [0.15, 0.2) is 6.07 Å². The Labute approximate surface area is 123 Å². The minimum atomic E-state index is 0.222. The van der Waals surface area contributed by atoms with Crippen molar-refractivity contribution in [3.05, 3.63) is 17.5 Å². The SMILES string of the molecule is CCNC(Cc1cc(CC)nn1CC)C(OC)C(C)C. The van der Waals surface area contributed by atoms with Crippen molar-refractivity contribution >= 4 is 0 Å². The van der Waals surface area contributed by atoms with Crippen LogP contribution in [-0.4, -0.2) is 35.6 Å². The third kappa shape index (κ3) is 4.32. The molecule has 1 aromatic heterocycles. The van der Waals surface area contributed by atoms with Gasteiger partial charge in [0.05, 0.1) is 11.8 Å². The van der Waals surface area contributed by atoms with Crippen LogP contribution in [0.3, 0.4) is 0 Å². The van der Waals surface area contributed by atoms with Crippen LogP contribution < -0.4 is 5.32 Å². The Balaban J connectivity index is 2.91. The molecule has 0 spiro atoms. The van der Waals surface area contributed by atoms with Gasteiger partial charge in [-0.3, -0.25) is 4.68 Å². The van der Waals surface area contributed by atoms with E-state index in [-0.39, 0.29) is 6.10 Å². The Morgan fingerprint density at radius 3 is 2.45 bits per heavy atom. The van der Waals surface area contributed by atoms with Gasteiger partial charge in [0.1, 0.15) is 0 Å². The smallest absolute Gasteiger partial charge is 0.0750 e. The number of aryl methyl sites for hydroxylation is 2. The Bertz CT molecular complexity index is 387. The summed E-state index contributed by atoms with van der Waals surface area (Å²) in [7, 11) is 1.81. The number of likely N-dealkylation sites (N-methyl/N-ethyl adjacent to an activating group) is 1. The maximum Gasteiger partial charge on any atom is 0.0750 e. The van der Waals surface area contributed by atoms with E-state index in [4.69, 9.17) is 4.74 Å². The Hall–Kier alpha value is -0.870. The summed E-state index contributed by atoms with van der Waals surface area (Å²) in [5.74, 6) is 0.493. The fraction of sp³-hybridized carbons (Fsp3) is 0.812. The van der Waals surface area contributed by atoms with Crippen LogP contribution in [0.5, 0.6) is 0 Å². The highest BCUT2D eigenvalue weighted by Gasteiger charge is 2.25. The maximum atomic E-state index is 5.71. The number of nitrogens with zero attached hydrogens (tertiary/aromatic N) is 2. The molecule has 1 rings (SSSR count). The predicted octanol–water partition coefficient (Wildman–Crippen LogP) is 2.66. The Morgan fingerprint density at radius 2 is 2.00 bits per heavy atom. The van der Waals surface area contributed by atoms with Crippen LogP contribution in [0.4, 0.5) is 0 Å². The van der Waals surface area contributed by atoms with Crippen molar-refractivity contribution in [1.29, 1.82) is 0 Å². The summed E-state index contributed by atoms with van der Waals surface area (Å²) in [5, 5.41) is 8.21. The Morgan fingerprint density at radius 1 is 1.30 bits per heavy atom. The van der Waals surface area contributed by atoms with Gasteiger partial charge >= 0.3 is 0 Å². The second-order valence-corrected chi connectivity index (χ2v) is 5.61. The van der Waals surface area contributed by atoms with Gasteiger partial charge in [0.25, 0.3) is 0 Å². The molecule has 0 amide bonds. The van der Waals surface area contributed by atoms with Crippen molar-refractivity contribution in [3.63, 3.8) is 0 Å². The highest BCUT2D eigenvalue weighted by Crippen LogP contribution is 2.16. The van der Waals surface area contributed by atoms with Crippen LogP contribution >= 0.6 is 0 Å². The molecule has 2 atom stereocenters. The van der Waals surface area contributed by atoms with E-state index in [1.807, 2.05) is 7.11 Å². The molecule has 0 aliphatic heterocycles. The van der Waals surface area contributed by atoms with E-state index in [2.05, 4.69) is 55.8 Å². The number of nitrogens with one attached hydrogen (secondary N) is 1.